The van der Waals surface area contributed by atoms with Crippen LogP contribution < -0.4 is 10.5 Å². The van der Waals surface area contributed by atoms with Crippen molar-refractivity contribution in [3.8, 4) is 6.07 Å². The van der Waals surface area contributed by atoms with E-state index in [2.05, 4.69) is 11.0 Å². The van der Waals surface area contributed by atoms with Gasteiger partial charge in [-0.05, 0) is 44.4 Å². The third-order valence-electron chi connectivity index (χ3n) is 6.35. The Balaban J connectivity index is 1.84. The normalized spacial score (nSPS) is 21.4. The molecule has 0 aliphatic carbocycles. The van der Waals surface area contributed by atoms with Gasteiger partial charge in [-0.2, -0.15) is 5.26 Å². The fourth-order valence-electron chi connectivity index (χ4n) is 4.80. The first-order chi connectivity index (χ1) is 17.2. The predicted molar refractivity (Wildman–Crippen MR) is 148 cm³/mol. The van der Waals surface area contributed by atoms with Crippen LogP contribution in [0.4, 0.5) is 5.82 Å². The van der Waals surface area contributed by atoms with E-state index in [1.807, 2.05) is 57.2 Å². The second-order valence-electron chi connectivity index (χ2n) is 9.22. The first-order valence-corrected chi connectivity index (χ1v) is 13.3. The molecule has 2 saturated heterocycles. The molecule has 0 saturated carbocycles. The average Bonchev–Trinajstić information content (AvgIpc) is 3.10. The largest absolute Gasteiger partial charge is 0.372 e. The van der Waals surface area contributed by atoms with Crippen LogP contribution in [0.3, 0.4) is 0 Å². The fraction of sp³-hybridized carbons (Fsp3) is 0.407. The lowest BCUT2D eigenvalue weighted by molar-refractivity contribution is -0.122. The van der Waals surface area contributed by atoms with E-state index in [0.29, 0.717) is 46.5 Å². The quantitative estimate of drug-likeness (QED) is 0.410. The molecular weight excluding hydrogens is 492 g/mol. The number of pyridine rings is 1. The summed E-state index contributed by atoms with van der Waals surface area (Å²) in [5.41, 5.74) is 2.08. The van der Waals surface area contributed by atoms with E-state index in [1.165, 1.54) is 11.8 Å². The summed E-state index contributed by atoms with van der Waals surface area (Å²) in [4.78, 5) is 31.0. The third kappa shape index (κ3) is 5.12. The molecule has 4 rings (SSSR count). The van der Waals surface area contributed by atoms with Crippen LogP contribution in [-0.2, 0) is 22.6 Å². The molecule has 1 amide bonds. The average molecular weight is 523 g/mol. The number of carbonyl (C=O) groups excluding carboxylic acids is 1. The standard InChI is InChI=1S/C27H30N4O3S2/c1-5-11-30-24(29-14-17(2)34-18(3)15-29)21(19(4)22(13-28)25(30)32)12-23-26(33)31(27(35)36-23)16-20-9-7-6-8-10-20/h6-10,12,17-18H,5,11,14-16H2,1-4H3/b23-12+. The summed E-state index contributed by atoms with van der Waals surface area (Å²) in [6.45, 7) is 9.88. The second kappa shape index (κ2) is 11.0. The Bertz CT molecular complexity index is 1300. The molecule has 2 aromatic rings. The van der Waals surface area contributed by atoms with Crippen molar-refractivity contribution < 1.29 is 9.53 Å². The first-order valence-electron chi connectivity index (χ1n) is 12.1. The van der Waals surface area contributed by atoms with Gasteiger partial charge in [-0.25, -0.2) is 0 Å². The van der Waals surface area contributed by atoms with Crippen molar-refractivity contribution in [1.29, 1.82) is 5.26 Å². The molecule has 36 heavy (non-hydrogen) atoms. The number of carbonyl (C=O) groups is 1. The monoisotopic (exact) mass is 522 g/mol. The molecule has 0 spiro atoms. The lowest BCUT2D eigenvalue weighted by Crippen LogP contribution is -2.48. The topological polar surface area (TPSA) is 78.6 Å². The number of anilines is 1. The molecule has 1 aromatic carbocycles. The lowest BCUT2D eigenvalue weighted by atomic mass is 10.0. The van der Waals surface area contributed by atoms with Crippen molar-refractivity contribution in [3.05, 3.63) is 67.8 Å². The number of nitrogens with zero attached hydrogens (tertiary/aromatic N) is 4. The molecular formula is C27H30N4O3S2. The molecule has 2 aliphatic rings. The van der Waals surface area contributed by atoms with Gasteiger partial charge >= 0.3 is 0 Å². The zero-order valence-electron chi connectivity index (χ0n) is 21.0. The van der Waals surface area contributed by atoms with E-state index in [1.54, 1.807) is 16.4 Å². The van der Waals surface area contributed by atoms with Crippen molar-refractivity contribution in [1.82, 2.24) is 9.47 Å². The Labute approximate surface area is 221 Å². The SMILES string of the molecule is CCCn1c(N2CC(C)OC(C)C2)c(/C=C2/SC(=S)N(Cc3ccccc3)C2=O)c(C)c(C#N)c1=O. The van der Waals surface area contributed by atoms with Gasteiger partial charge in [-0.3, -0.25) is 19.1 Å². The maximum Gasteiger partial charge on any atom is 0.270 e. The van der Waals surface area contributed by atoms with Gasteiger partial charge in [0.25, 0.3) is 11.5 Å². The van der Waals surface area contributed by atoms with Gasteiger partial charge in [0.15, 0.2) is 0 Å². The highest BCUT2D eigenvalue weighted by Crippen LogP contribution is 2.37. The minimum atomic E-state index is -0.299. The highest BCUT2D eigenvalue weighted by atomic mass is 32.2. The molecule has 7 nitrogen and oxygen atoms in total. The summed E-state index contributed by atoms with van der Waals surface area (Å²) in [5.74, 6) is 0.559. The van der Waals surface area contributed by atoms with Gasteiger partial charge in [0.1, 0.15) is 21.8 Å². The van der Waals surface area contributed by atoms with Crippen LogP contribution in [0.5, 0.6) is 0 Å². The Hall–Kier alpha value is -2.93. The molecule has 1 aromatic heterocycles. The summed E-state index contributed by atoms with van der Waals surface area (Å²) in [7, 11) is 0. The molecule has 2 unspecified atom stereocenters. The van der Waals surface area contributed by atoms with Crippen molar-refractivity contribution in [3.63, 3.8) is 0 Å². The Morgan fingerprint density at radius 3 is 2.47 bits per heavy atom. The summed E-state index contributed by atoms with van der Waals surface area (Å²) >= 11 is 6.81. The summed E-state index contributed by atoms with van der Waals surface area (Å²) < 4.78 is 8.12. The predicted octanol–water partition coefficient (Wildman–Crippen LogP) is 4.45. The van der Waals surface area contributed by atoms with Crippen molar-refractivity contribution >= 4 is 46.1 Å². The Kier molecular flexibility index (Phi) is 7.98. The molecule has 3 heterocycles. The number of benzene rings is 1. The number of nitriles is 1. The van der Waals surface area contributed by atoms with E-state index < -0.39 is 0 Å². The number of thiocarbonyl (C=S) groups is 1. The molecule has 2 fully saturated rings. The van der Waals surface area contributed by atoms with E-state index in [-0.39, 0.29) is 29.2 Å². The summed E-state index contributed by atoms with van der Waals surface area (Å²) in [6.07, 6.45) is 2.50. The number of morpholine rings is 1. The molecule has 0 N–H and O–H groups in total. The number of rotatable bonds is 6. The van der Waals surface area contributed by atoms with Crippen LogP contribution in [0.25, 0.3) is 6.08 Å². The number of hydrogen-bond donors (Lipinski definition) is 0. The van der Waals surface area contributed by atoms with Crippen LogP contribution >= 0.6 is 24.0 Å². The van der Waals surface area contributed by atoms with Gasteiger partial charge in [-0.1, -0.05) is 61.2 Å². The summed E-state index contributed by atoms with van der Waals surface area (Å²) in [6, 6.07) is 11.8. The van der Waals surface area contributed by atoms with Gasteiger partial charge in [0.2, 0.25) is 0 Å². The number of hydrogen-bond acceptors (Lipinski definition) is 7. The second-order valence-corrected chi connectivity index (χ2v) is 10.9. The van der Waals surface area contributed by atoms with Gasteiger partial charge in [-0.15, -0.1) is 0 Å². The van der Waals surface area contributed by atoms with Crippen LogP contribution in [0.1, 0.15) is 49.4 Å². The third-order valence-corrected chi connectivity index (χ3v) is 7.72. The number of aromatic nitrogens is 1. The van der Waals surface area contributed by atoms with Crippen LogP contribution in [0, 0.1) is 18.3 Å². The minimum Gasteiger partial charge on any atom is -0.372 e. The van der Waals surface area contributed by atoms with Crippen molar-refractivity contribution in [2.75, 3.05) is 18.0 Å². The summed E-state index contributed by atoms with van der Waals surface area (Å²) in [5, 5.41) is 9.84. The van der Waals surface area contributed by atoms with E-state index in [0.717, 1.165) is 17.8 Å². The van der Waals surface area contributed by atoms with Crippen LogP contribution in [0.2, 0.25) is 0 Å². The molecule has 188 valence electrons. The highest BCUT2D eigenvalue weighted by Gasteiger charge is 2.34. The fourth-order valence-corrected chi connectivity index (χ4v) is 6.04. The maximum absolute atomic E-state index is 13.4. The number of amides is 1. The van der Waals surface area contributed by atoms with Crippen LogP contribution in [0.15, 0.2) is 40.0 Å². The van der Waals surface area contributed by atoms with E-state index in [9.17, 15) is 14.9 Å². The first kappa shape index (κ1) is 26.1. The molecule has 2 aliphatic heterocycles. The van der Waals surface area contributed by atoms with Crippen molar-refractivity contribution in [2.24, 2.45) is 0 Å². The Morgan fingerprint density at radius 1 is 1.19 bits per heavy atom. The number of thioether (sulfide) groups is 1. The maximum atomic E-state index is 13.4. The minimum absolute atomic E-state index is 0.0215. The van der Waals surface area contributed by atoms with Gasteiger partial charge < -0.3 is 9.64 Å². The zero-order chi connectivity index (χ0) is 26.0. The highest BCUT2D eigenvalue weighted by molar-refractivity contribution is 8.26. The van der Waals surface area contributed by atoms with Crippen LogP contribution in [-0.4, -0.2) is 45.0 Å². The smallest absolute Gasteiger partial charge is 0.270 e. The van der Waals surface area contributed by atoms with E-state index >= 15 is 0 Å². The lowest BCUT2D eigenvalue weighted by Gasteiger charge is -2.39. The Morgan fingerprint density at radius 2 is 1.86 bits per heavy atom. The zero-order valence-corrected chi connectivity index (χ0v) is 22.6. The number of ether oxygens (including phenoxy) is 1. The molecule has 0 bridgehead atoms. The molecule has 0 radical (unpaired) electrons. The van der Waals surface area contributed by atoms with Gasteiger partial charge in [0, 0.05) is 25.2 Å². The van der Waals surface area contributed by atoms with Gasteiger partial charge in [0.05, 0.1) is 23.7 Å². The molecule has 9 heteroatoms. The van der Waals surface area contributed by atoms with Crippen molar-refractivity contribution in [2.45, 2.75) is 59.4 Å². The van der Waals surface area contributed by atoms with E-state index in [4.69, 9.17) is 17.0 Å². The molecule has 2 atom stereocenters.